The van der Waals surface area contributed by atoms with Crippen molar-refractivity contribution in [2.45, 2.75) is 6.54 Å². The number of nitrogens with zero attached hydrogens (tertiary/aromatic N) is 6. The Bertz CT molecular complexity index is 979. The van der Waals surface area contributed by atoms with Gasteiger partial charge >= 0.3 is 0 Å². The van der Waals surface area contributed by atoms with E-state index in [-0.39, 0.29) is 5.91 Å². The minimum absolute atomic E-state index is 0.153. The molecule has 1 amide bonds. The Balaban J connectivity index is 1.71. The molecule has 24 heavy (non-hydrogen) atoms. The monoisotopic (exact) mass is 339 g/mol. The molecule has 3 aromatic rings. The van der Waals surface area contributed by atoms with E-state index in [1.807, 2.05) is 6.07 Å². The summed E-state index contributed by atoms with van der Waals surface area (Å²) in [6.07, 6.45) is 4.99. The molecule has 8 nitrogen and oxygen atoms in total. The number of rotatable bonds is 3. The molecule has 0 spiro atoms. The van der Waals surface area contributed by atoms with Gasteiger partial charge in [0, 0.05) is 25.9 Å². The average Bonchev–Trinajstić information content (AvgIpc) is 3.20. The number of nitrogens with one attached hydrogen (secondary N) is 1. The van der Waals surface area contributed by atoms with E-state index >= 15 is 0 Å². The number of fused-ring (bicyclic) bond motifs is 2. The van der Waals surface area contributed by atoms with Crippen molar-refractivity contribution >= 4 is 45.3 Å². The molecule has 1 aliphatic heterocycles. The minimum atomic E-state index is -0.153. The average molecular weight is 339 g/mol. The van der Waals surface area contributed by atoms with Gasteiger partial charge < -0.3 is 10.2 Å². The van der Waals surface area contributed by atoms with E-state index in [1.165, 1.54) is 22.6 Å². The van der Waals surface area contributed by atoms with Crippen LogP contribution < -0.4 is 5.32 Å². The van der Waals surface area contributed by atoms with Crippen molar-refractivity contribution in [1.82, 2.24) is 24.8 Å². The summed E-state index contributed by atoms with van der Waals surface area (Å²) in [6, 6.07) is 1.96. The first-order valence-corrected chi connectivity index (χ1v) is 8.02. The maximum atomic E-state index is 12.1. The van der Waals surface area contributed by atoms with Crippen LogP contribution in [0.1, 0.15) is 21.1 Å². The lowest BCUT2D eigenvalue weighted by atomic mass is 10.2. The third-order valence-electron chi connectivity index (χ3n) is 3.52. The molecule has 0 atom stereocenters. The molecular formula is C15H13N7OS. The van der Waals surface area contributed by atoms with E-state index in [4.69, 9.17) is 0 Å². The Kier molecular flexibility index (Phi) is 3.42. The Morgan fingerprint density at radius 1 is 1.29 bits per heavy atom. The highest BCUT2D eigenvalue weighted by molar-refractivity contribution is 7.19. The summed E-state index contributed by atoms with van der Waals surface area (Å²) in [6.45, 7) is 0.620. The van der Waals surface area contributed by atoms with Gasteiger partial charge in [-0.25, -0.2) is 15.0 Å². The summed E-state index contributed by atoms with van der Waals surface area (Å²) in [5.74, 6) is 0.394. The normalized spacial score (nSPS) is 12.4. The molecule has 120 valence electrons. The molecule has 0 fully saturated rings. The molecule has 0 bridgehead atoms. The van der Waals surface area contributed by atoms with Crippen molar-refractivity contribution in [2.24, 2.45) is 4.99 Å². The van der Waals surface area contributed by atoms with Crippen LogP contribution in [0.5, 0.6) is 0 Å². The third-order valence-corrected chi connectivity index (χ3v) is 4.47. The second-order valence-electron chi connectivity index (χ2n) is 5.45. The maximum absolute atomic E-state index is 12.1. The molecule has 1 aliphatic rings. The zero-order valence-electron chi connectivity index (χ0n) is 13.0. The number of aromatic nitrogens is 4. The number of amides is 1. The number of anilines is 2. The molecule has 4 rings (SSSR count). The van der Waals surface area contributed by atoms with Crippen molar-refractivity contribution in [3.8, 4) is 0 Å². The van der Waals surface area contributed by atoms with Crippen LogP contribution in [-0.4, -0.2) is 51.1 Å². The van der Waals surface area contributed by atoms with Crippen LogP contribution in [0.2, 0.25) is 0 Å². The van der Waals surface area contributed by atoms with Gasteiger partial charge in [-0.1, -0.05) is 11.3 Å². The summed E-state index contributed by atoms with van der Waals surface area (Å²) >= 11 is 1.25. The van der Waals surface area contributed by atoms with Gasteiger partial charge in [-0.2, -0.15) is 0 Å². The van der Waals surface area contributed by atoms with Gasteiger partial charge in [-0.15, -0.1) is 0 Å². The minimum Gasteiger partial charge on any atom is -0.343 e. The van der Waals surface area contributed by atoms with E-state index in [0.717, 1.165) is 16.9 Å². The van der Waals surface area contributed by atoms with Crippen LogP contribution in [-0.2, 0) is 6.54 Å². The second-order valence-corrected chi connectivity index (χ2v) is 6.43. The highest BCUT2D eigenvalue weighted by Crippen LogP contribution is 2.27. The van der Waals surface area contributed by atoms with Crippen LogP contribution >= 0.6 is 11.3 Å². The first-order valence-electron chi connectivity index (χ1n) is 7.21. The molecule has 0 saturated carbocycles. The number of carbonyl (C=O) groups is 1. The smallest absolute Gasteiger partial charge is 0.282 e. The Morgan fingerprint density at radius 3 is 3.00 bits per heavy atom. The topological polar surface area (TPSA) is 96.3 Å². The van der Waals surface area contributed by atoms with E-state index in [2.05, 4.69) is 30.2 Å². The van der Waals surface area contributed by atoms with Gasteiger partial charge in [-0.05, 0) is 6.07 Å². The fourth-order valence-corrected chi connectivity index (χ4v) is 3.25. The number of aliphatic imine (C=N–C) groups is 1. The number of hydrogen-bond donors (Lipinski definition) is 1. The van der Waals surface area contributed by atoms with Crippen LogP contribution in [0.15, 0.2) is 23.6 Å². The zero-order valence-corrected chi connectivity index (χ0v) is 13.8. The molecule has 1 N–H and O–H groups in total. The Labute approximate surface area is 141 Å². The third kappa shape index (κ3) is 2.48. The zero-order chi connectivity index (χ0) is 16.7. The second kappa shape index (κ2) is 5.60. The Hall–Kier alpha value is -2.94. The summed E-state index contributed by atoms with van der Waals surface area (Å²) in [5.41, 5.74) is 3.31. The summed E-state index contributed by atoms with van der Waals surface area (Å²) in [5, 5.41) is 3.59. The van der Waals surface area contributed by atoms with Gasteiger partial charge in [0.1, 0.15) is 16.7 Å². The van der Waals surface area contributed by atoms with Gasteiger partial charge in [-0.3, -0.25) is 14.8 Å². The first kappa shape index (κ1) is 14.6. The quantitative estimate of drug-likeness (QED) is 0.782. The predicted molar refractivity (Wildman–Crippen MR) is 92.0 cm³/mol. The molecule has 0 aromatic carbocycles. The molecule has 3 aromatic heterocycles. The van der Waals surface area contributed by atoms with Crippen molar-refractivity contribution in [3.05, 3.63) is 34.9 Å². The molecular weight excluding hydrogens is 326 g/mol. The Morgan fingerprint density at radius 2 is 2.17 bits per heavy atom. The lowest BCUT2D eigenvalue weighted by Crippen LogP contribution is -2.21. The molecule has 9 heteroatoms. The van der Waals surface area contributed by atoms with Gasteiger partial charge in [0.2, 0.25) is 0 Å². The van der Waals surface area contributed by atoms with Gasteiger partial charge in [0.25, 0.3) is 5.91 Å². The largest absolute Gasteiger partial charge is 0.343 e. The van der Waals surface area contributed by atoms with Crippen molar-refractivity contribution in [2.75, 3.05) is 19.4 Å². The van der Waals surface area contributed by atoms with Crippen molar-refractivity contribution < 1.29 is 4.79 Å². The number of hydrogen-bond acceptors (Lipinski definition) is 8. The van der Waals surface area contributed by atoms with E-state index < -0.39 is 0 Å². The van der Waals surface area contributed by atoms with Gasteiger partial charge in [0.15, 0.2) is 10.8 Å². The van der Waals surface area contributed by atoms with Crippen LogP contribution in [0.4, 0.5) is 11.5 Å². The molecule has 0 aliphatic carbocycles. The molecule has 4 heterocycles. The first-order chi connectivity index (χ1) is 11.6. The summed E-state index contributed by atoms with van der Waals surface area (Å²) in [4.78, 5) is 35.7. The number of thiazole rings is 1. The molecule has 0 saturated heterocycles. The van der Waals surface area contributed by atoms with Crippen molar-refractivity contribution in [3.63, 3.8) is 0 Å². The van der Waals surface area contributed by atoms with Crippen LogP contribution in [0.3, 0.4) is 0 Å². The fourth-order valence-electron chi connectivity index (χ4n) is 2.32. The maximum Gasteiger partial charge on any atom is 0.282 e. The molecule has 0 radical (unpaired) electrons. The summed E-state index contributed by atoms with van der Waals surface area (Å²) in [7, 11) is 3.38. The highest BCUT2D eigenvalue weighted by atomic mass is 32.1. The van der Waals surface area contributed by atoms with Gasteiger partial charge in [0.05, 0.1) is 24.1 Å². The predicted octanol–water partition coefficient (Wildman–Crippen LogP) is 1.86. The van der Waals surface area contributed by atoms with E-state index in [9.17, 15) is 4.79 Å². The fraction of sp³-hybridized carbons (Fsp3) is 0.200. The number of carbonyl (C=O) groups excluding carboxylic acids is 1. The van der Waals surface area contributed by atoms with Crippen LogP contribution in [0, 0.1) is 0 Å². The molecule has 0 unspecified atom stereocenters. The lowest BCUT2D eigenvalue weighted by molar-refractivity contribution is 0.0827. The van der Waals surface area contributed by atoms with Crippen molar-refractivity contribution in [1.29, 1.82) is 0 Å². The van der Waals surface area contributed by atoms with E-state index in [1.54, 1.807) is 26.5 Å². The highest BCUT2D eigenvalue weighted by Gasteiger charge is 2.18. The van der Waals surface area contributed by atoms with E-state index in [0.29, 0.717) is 27.7 Å². The summed E-state index contributed by atoms with van der Waals surface area (Å²) < 4.78 is 0. The standard InChI is InChI=1S/C15H13N7OS/c1-22(2)15(23)14-21-11-12(18-7-19-13(11)24-14)20-9-3-8-4-16-6-10(8)17-5-9/h3-5,7H,6H2,1-2H3,(H,18,19,20). The van der Waals surface area contributed by atoms with Crippen LogP contribution in [0.25, 0.3) is 10.3 Å². The number of pyridine rings is 1. The SMILES string of the molecule is CN(C)C(=O)c1nc2c(Nc3cnc4c(c3)C=NC4)ncnc2s1. The lowest BCUT2D eigenvalue weighted by Gasteiger charge is -2.07.